The number of rotatable bonds is 3. The van der Waals surface area contributed by atoms with Gasteiger partial charge >= 0.3 is 0 Å². The first-order valence-corrected chi connectivity index (χ1v) is 8.70. The van der Waals surface area contributed by atoms with Crippen LogP contribution in [-0.4, -0.2) is 48.6 Å². The molecule has 0 fully saturated rings. The van der Waals surface area contributed by atoms with Crippen molar-refractivity contribution in [2.75, 3.05) is 13.1 Å². The fourth-order valence-electron chi connectivity index (χ4n) is 3.34. The van der Waals surface area contributed by atoms with E-state index >= 15 is 0 Å². The van der Waals surface area contributed by atoms with Crippen LogP contribution in [0.2, 0.25) is 0 Å². The van der Waals surface area contributed by atoms with Crippen LogP contribution in [0.1, 0.15) is 17.0 Å². The van der Waals surface area contributed by atoms with Gasteiger partial charge in [0.15, 0.2) is 0 Å². The van der Waals surface area contributed by atoms with Crippen LogP contribution < -0.4 is 0 Å². The lowest BCUT2D eigenvalue weighted by molar-refractivity contribution is -0.130. The summed E-state index contributed by atoms with van der Waals surface area (Å²) >= 11 is 0. The minimum absolute atomic E-state index is 0.104. The zero-order chi connectivity index (χ0) is 17.9. The van der Waals surface area contributed by atoms with Crippen molar-refractivity contribution in [1.29, 1.82) is 0 Å². The molecule has 7 nitrogen and oxygen atoms in total. The monoisotopic (exact) mass is 348 g/mol. The molecule has 0 aliphatic carbocycles. The molecule has 0 bridgehead atoms. The second kappa shape index (κ2) is 7.03. The molecule has 4 rings (SSSR count). The van der Waals surface area contributed by atoms with Crippen LogP contribution in [0, 0.1) is 0 Å². The van der Waals surface area contributed by atoms with E-state index < -0.39 is 0 Å². The highest BCUT2D eigenvalue weighted by molar-refractivity contribution is 5.78. The van der Waals surface area contributed by atoms with E-state index in [4.69, 9.17) is 0 Å². The Morgan fingerprint density at radius 3 is 2.81 bits per heavy atom. The third-order valence-electron chi connectivity index (χ3n) is 4.67. The molecule has 0 aromatic carbocycles. The Morgan fingerprint density at radius 1 is 1.15 bits per heavy atom. The van der Waals surface area contributed by atoms with Crippen LogP contribution in [0.4, 0.5) is 0 Å². The van der Waals surface area contributed by atoms with Crippen LogP contribution in [-0.2, 0) is 31.1 Å². The summed E-state index contributed by atoms with van der Waals surface area (Å²) in [6.07, 6.45) is 8.91. The maximum atomic E-state index is 12.7. The van der Waals surface area contributed by atoms with Crippen LogP contribution in [0.15, 0.2) is 43.1 Å². The number of fused-ring (bicyclic) bond motifs is 1. The Morgan fingerprint density at radius 2 is 2.04 bits per heavy atom. The Hall–Kier alpha value is -3.09. The predicted octanol–water partition coefficient (Wildman–Crippen LogP) is 1.44. The lowest BCUT2D eigenvalue weighted by Crippen LogP contribution is -2.34. The average molecular weight is 348 g/mol. The van der Waals surface area contributed by atoms with Crippen LogP contribution in [0.5, 0.6) is 0 Å². The van der Waals surface area contributed by atoms with Crippen molar-refractivity contribution in [3.8, 4) is 11.3 Å². The van der Waals surface area contributed by atoms with Gasteiger partial charge in [-0.15, -0.1) is 0 Å². The fraction of sp³-hybridized carbons (Fsp3) is 0.316. The van der Waals surface area contributed by atoms with Gasteiger partial charge in [0.1, 0.15) is 6.33 Å². The summed E-state index contributed by atoms with van der Waals surface area (Å²) in [6.45, 7) is 1.33. The van der Waals surface area contributed by atoms with Gasteiger partial charge in [0, 0.05) is 61.5 Å². The highest BCUT2D eigenvalue weighted by atomic mass is 16.2. The van der Waals surface area contributed by atoms with Gasteiger partial charge in [-0.25, -0.2) is 9.97 Å². The lowest BCUT2D eigenvalue weighted by Gasteiger charge is -2.20. The first-order valence-electron chi connectivity index (χ1n) is 8.70. The lowest BCUT2D eigenvalue weighted by atomic mass is 10.0. The van der Waals surface area contributed by atoms with E-state index in [0.717, 1.165) is 41.1 Å². The van der Waals surface area contributed by atoms with Gasteiger partial charge in [0.25, 0.3) is 0 Å². The zero-order valence-corrected chi connectivity index (χ0v) is 14.7. The van der Waals surface area contributed by atoms with Gasteiger partial charge in [-0.1, -0.05) is 6.07 Å². The minimum Gasteiger partial charge on any atom is -0.342 e. The molecule has 4 heterocycles. The molecule has 132 valence electrons. The molecular formula is C19H20N6O. The molecule has 0 atom stereocenters. The van der Waals surface area contributed by atoms with Crippen molar-refractivity contribution >= 4 is 5.91 Å². The molecule has 3 aromatic heterocycles. The van der Waals surface area contributed by atoms with Gasteiger partial charge in [-0.2, -0.15) is 5.10 Å². The standard InChI is InChI=1S/C19H20N6O/c1-24-12-14(11-23-24)19-16-5-8-25(9-6-17(16)21-13-22-19)18(26)10-15-4-2-3-7-20-15/h2-4,7,11-13H,5-6,8-10H2,1H3. The van der Waals surface area contributed by atoms with Crippen molar-refractivity contribution in [1.82, 2.24) is 29.6 Å². The Bertz CT molecular complexity index is 921. The summed E-state index contributed by atoms with van der Waals surface area (Å²) in [5, 5.41) is 4.24. The molecule has 0 radical (unpaired) electrons. The fourth-order valence-corrected chi connectivity index (χ4v) is 3.34. The predicted molar refractivity (Wildman–Crippen MR) is 96.2 cm³/mol. The van der Waals surface area contributed by atoms with E-state index in [0.29, 0.717) is 19.5 Å². The number of carbonyl (C=O) groups excluding carboxylic acids is 1. The third kappa shape index (κ3) is 3.33. The SMILES string of the molecule is Cn1cc(-c2ncnc3c2CCN(C(=O)Cc2ccccn2)CC3)cn1. The molecule has 1 aliphatic rings. The zero-order valence-electron chi connectivity index (χ0n) is 14.7. The third-order valence-corrected chi connectivity index (χ3v) is 4.67. The maximum Gasteiger partial charge on any atom is 0.228 e. The summed E-state index contributed by atoms with van der Waals surface area (Å²) < 4.78 is 1.77. The number of hydrogen-bond donors (Lipinski definition) is 0. The molecule has 1 amide bonds. The van der Waals surface area contributed by atoms with Gasteiger partial charge in [0.05, 0.1) is 18.3 Å². The van der Waals surface area contributed by atoms with Crippen molar-refractivity contribution in [2.45, 2.75) is 19.3 Å². The van der Waals surface area contributed by atoms with Gasteiger partial charge in [-0.05, 0) is 18.6 Å². The quantitative estimate of drug-likeness (QED) is 0.716. The van der Waals surface area contributed by atoms with Gasteiger partial charge < -0.3 is 4.90 Å². The number of carbonyl (C=O) groups is 1. The topological polar surface area (TPSA) is 76.8 Å². The minimum atomic E-state index is 0.104. The normalized spacial score (nSPS) is 14.0. The van der Waals surface area contributed by atoms with Crippen molar-refractivity contribution in [3.63, 3.8) is 0 Å². The molecule has 0 spiro atoms. The van der Waals surface area contributed by atoms with Crippen LogP contribution >= 0.6 is 0 Å². The smallest absolute Gasteiger partial charge is 0.228 e. The number of aromatic nitrogens is 5. The summed E-state index contributed by atoms with van der Waals surface area (Å²) in [7, 11) is 1.89. The van der Waals surface area contributed by atoms with E-state index in [1.807, 2.05) is 42.5 Å². The number of nitrogens with zero attached hydrogens (tertiary/aromatic N) is 6. The highest BCUT2D eigenvalue weighted by Crippen LogP contribution is 2.25. The Kier molecular flexibility index (Phi) is 4.43. The van der Waals surface area contributed by atoms with Crippen LogP contribution in [0.3, 0.4) is 0 Å². The highest BCUT2D eigenvalue weighted by Gasteiger charge is 2.22. The molecule has 7 heteroatoms. The summed E-state index contributed by atoms with van der Waals surface area (Å²) in [5.41, 5.74) is 4.84. The molecule has 0 unspecified atom stereocenters. The summed E-state index contributed by atoms with van der Waals surface area (Å²) in [4.78, 5) is 27.8. The van der Waals surface area contributed by atoms with E-state index in [2.05, 4.69) is 20.1 Å². The largest absolute Gasteiger partial charge is 0.342 e. The summed E-state index contributed by atoms with van der Waals surface area (Å²) in [6, 6.07) is 5.65. The van der Waals surface area contributed by atoms with Crippen molar-refractivity contribution < 1.29 is 4.79 Å². The van der Waals surface area contributed by atoms with Gasteiger partial charge in [-0.3, -0.25) is 14.5 Å². The molecule has 1 aliphatic heterocycles. The molecule has 3 aromatic rings. The van der Waals surface area contributed by atoms with E-state index in [9.17, 15) is 4.79 Å². The second-order valence-electron chi connectivity index (χ2n) is 6.43. The average Bonchev–Trinajstić information content (AvgIpc) is 2.96. The first-order chi connectivity index (χ1) is 12.7. The number of amides is 1. The number of pyridine rings is 1. The molecule has 0 saturated heterocycles. The van der Waals surface area contributed by atoms with Crippen LogP contribution in [0.25, 0.3) is 11.3 Å². The Labute approximate surface area is 151 Å². The van der Waals surface area contributed by atoms with E-state index in [-0.39, 0.29) is 5.91 Å². The van der Waals surface area contributed by atoms with Gasteiger partial charge in [0.2, 0.25) is 5.91 Å². The number of hydrogen-bond acceptors (Lipinski definition) is 5. The Balaban J connectivity index is 1.53. The molecule has 0 saturated carbocycles. The van der Waals surface area contributed by atoms with Crippen molar-refractivity contribution in [2.24, 2.45) is 7.05 Å². The summed E-state index contributed by atoms with van der Waals surface area (Å²) in [5.74, 6) is 0.104. The molecule has 0 N–H and O–H groups in total. The molecule has 26 heavy (non-hydrogen) atoms. The van der Waals surface area contributed by atoms with Crippen molar-refractivity contribution in [3.05, 3.63) is 60.1 Å². The van der Waals surface area contributed by atoms with E-state index in [1.165, 1.54) is 0 Å². The maximum absolute atomic E-state index is 12.7. The first kappa shape index (κ1) is 16.4. The number of aryl methyl sites for hydroxylation is 1. The van der Waals surface area contributed by atoms with E-state index in [1.54, 1.807) is 17.2 Å². The second-order valence-corrected chi connectivity index (χ2v) is 6.43. The molecular weight excluding hydrogens is 328 g/mol.